The molecule has 0 aliphatic carbocycles. The number of nitrogens with zero attached hydrogens (tertiary/aromatic N) is 4. The average Bonchev–Trinajstić information content (AvgIpc) is 2.99. The lowest BCUT2D eigenvalue weighted by Gasteiger charge is -2.47. The molecule has 1 aromatic heterocycles. The summed E-state index contributed by atoms with van der Waals surface area (Å²) >= 11 is 12.7. The third kappa shape index (κ3) is 8.11. The Morgan fingerprint density at radius 3 is 2.34 bits per heavy atom. The number of piperidine rings is 1. The molecule has 2 saturated heterocycles. The standard InChI is InChI=1S/C30H42Cl2N6O3/c1-4-24-20-37(29-26(32)17-22(18-35-29)28(33)34-19-27(40-5-2)41-6-3)15-16-38(24)25-11-13-36(14-12-25)30(39)21-7-9-23(31)10-8-21/h7-10,17-18,24-25,27H,4-6,11-16,19-20H2,1-3H3,(H2,33,34)/t24-/m0/s1. The first kappa shape index (κ1) is 31.5. The van der Waals surface area contributed by atoms with Crippen LogP contribution in [0, 0.1) is 5.41 Å². The van der Waals surface area contributed by atoms with Crippen LogP contribution < -0.4 is 10.2 Å². The van der Waals surface area contributed by atoms with Gasteiger partial charge in [-0.05, 0) is 63.4 Å². The van der Waals surface area contributed by atoms with Gasteiger partial charge in [0, 0.05) is 80.4 Å². The van der Waals surface area contributed by atoms with Gasteiger partial charge in [0.2, 0.25) is 0 Å². The molecule has 2 aromatic rings. The van der Waals surface area contributed by atoms with Gasteiger partial charge in [0.15, 0.2) is 6.29 Å². The van der Waals surface area contributed by atoms with Crippen molar-refractivity contribution in [3.63, 3.8) is 0 Å². The van der Waals surface area contributed by atoms with E-state index in [0.717, 1.165) is 57.8 Å². The quantitative estimate of drug-likeness (QED) is 0.214. The second-order valence-electron chi connectivity index (χ2n) is 10.4. The van der Waals surface area contributed by atoms with Crippen molar-refractivity contribution in [3.05, 3.63) is 57.7 Å². The third-order valence-electron chi connectivity index (χ3n) is 7.87. The first-order valence-electron chi connectivity index (χ1n) is 14.6. The van der Waals surface area contributed by atoms with Crippen molar-refractivity contribution in [2.24, 2.45) is 0 Å². The lowest BCUT2D eigenvalue weighted by molar-refractivity contribution is -0.131. The zero-order chi connectivity index (χ0) is 29.4. The Bertz CT molecular complexity index is 1150. The largest absolute Gasteiger partial charge is 0.365 e. The number of ether oxygens (including phenoxy) is 2. The summed E-state index contributed by atoms with van der Waals surface area (Å²) in [5.74, 6) is 1.06. The molecule has 2 aliphatic rings. The Labute approximate surface area is 253 Å². The monoisotopic (exact) mass is 604 g/mol. The van der Waals surface area contributed by atoms with E-state index in [0.29, 0.717) is 53.0 Å². The number of carbonyl (C=O) groups excluding carboxylic acids is 1. The van der Waals surface area contributed by atoms with E-state index in [1.807, 2.05) is 18.7 Å². The molecule has 0 bridgehead atoms. The summed E-state index contributed by atoms with van der Waals surface area (Å²) in [4.78, 5) is 24.5. The summed E-state index contributed by atoms with van der Waals surface area (Å²) in [6, 6.07) is 9.76. The van der Waals surface area contributed by atoms with E-state index < -0.39 is 6.29 Å². The number of hydrogen-bond donors (Lipinski definition) is 2. The molecule has 2 aliphatic heterocycles. The van der Waals surface area contributed by atoms with Crippen LogP contribution in [-0.4, -0.2) is 97.4 Å². The van der Waals surface area contributed by atoms with E-state index >= 15 is 0 Å². The summed E-state index contributed by atoms with van der Waals surface area (Å²) in [5, 5.41) is 12.7. The minimum absolute atomic E-state index is 0.0767. The predicted octanol–water partition coefficient (Wildman–Crippen LogP) is 4.91. The molecule has 9 nitrogen and oxygen atoms in total. The number of pyridine rings is 1. The van der Waals surface area contributed by atoms with Crippen molar-refractivity contribution in [3.8, 4) is 0 Å². The highest BCUT2D eigenvalue weighted by molar-refractivity contribution is 6.33. The van der Waals surface area contributed by atoms with E-state index in [9.17, 15) is 4.79 Å². The van der Waals surface area contributed by atoms with Crippen molar-refractivity contribution in [1.29, 1.82) is 5.41 Å². The lowest BCUT2D eigenvalue weighted by Crippen LogP contribution is -2.58. The molecule has 0 saturated carbocycles. The SMILES string of the molecule is CCOC(CNC(=N)c1cnc(N2CCN(C3CCN(C(=O)c4ccc(Cl)cc4)CC3)[C@@H](CC)C2)c(Cl)c1)OCC. The number of halogens is 2. The molecule has 0 radical (unpaired) electrons. The first-order chi connectivity index (χ1) is 19.8. The third-order valence-corrected chi connectivity index (χ3v) is 8.40. The zero-order valence-corrected chi connectivity index (χ0v) is 25.8. The molecule has 11 heteroatoms. The highest BCUT2D eigenvalue weighted by Gasteiger charge is 2.35. The number of rotatable bonds is 11. The van der Waals surface area contributed by atoms with Crippen LogP contribution in [0.25, 0.3) is 0 Å². The van der Waals surface area contributed by atoms with Crippen molar-refractivity contribution >= 4 is 40.8 Å². The van der Waals surface area contributed by atoms with E-state index in [1.165, 1.54) is 0 Å². The maximum atomic E-state index is 12.9. The van der Waals surface area contributed by atoms with Gasteiger partial charge in [0.25, 0.3) is 5.91 Å². The van der Waals surface area contributed by atoms with Gasteiger partial charge in [0.05, 0.1) is 11.6 Å². The Hall–Kier alpha value is -2.43. The van der Waals surface area contributed by atoms with Gasteiger partial charge < -0.3 is 24.6 Å². The van der Waals surface area contributed by atoms with E-state index in [-0.39, 0.29) is 11.7 Å². The summed E-state index contributed by atoms with van der Waals surface area (Å²) in [7, 11) is 0. The number of aromatic nitrogens is 1. The Morgan fingerprint density at radius 1 is 1.05 bits per heavy atom. The fourth-order valence-corrected chi connectivity index (χ4v) is 6.12. The zero-order valence-electron chi connectivity index (χ0n) is 24.2. The van der Waals surface area contributed by atoms with Crippen LogP contribution in [-0.2, 0) is 9.47 Å². The molecular weight excluding hydrogens is 563 g/mol. The number of hydrogen-bond acceptors (Lipinski definition) is 7. The topological polar surface area (TPSA) is 94.0 Å². The van der Waals surface area contributed by atoms with Gasteiger partial charge >= 0.3 is 0 Å². The summed E-state index contributed by atoms with van der Waals surface area (Å²) in [6.45, 7) is 11.6. The lowest BCUT2D eigenvalue weighted by atomic mass is 9.97. The molecule has 3 heterocycles. The van der Waals surface area contributed by atoms with E-state index in [1.54, 1.807) is 36.5 Å². The van der Waals surface area contributed by atoms with Crippen LogP contribution in [0.1, 0.15) is 56.0 Å². The molecule has 1 aromatic carbocycles. The number of amides is 1. The van der Waals surface area contributed by atoms with Crippen LogP contribution >= 0.6 is 23.2 Å². The van der Waals surface area contributed by atoms with Gasteiger partial charge in [-0.25, -0.2) is 4.98 Å². The normalized spacial score (nSPS) is 18.6. The van der Waals surface area contributed by atoms with Gasteiger partial charge in [-0.15, -0.1) is 0 Å². The number of likely N-dealkylation sites (tertiary alicyclic amines) is 1. The van der Waals surface area contributed by atoms with Gasteiger partial charge in [-0.2, -0.15) is 0 Å². The summed E-state index contributed by atoms with van der Waals surface area (Å²) in [5.41, 5.74) is 1.31. The second kappa shape index (κ2) is 15.2. The molecule has 1 atom stereocenters. The summed E-state index contributed by atoms with van der Waals surface area (Å²) in [6.07, 6.45) is 4.24. The Kier molecular flexibility index (Phi) is 11.6. The number of amidine groups is 1. The van der Waals surface area contributed by atoms with Crippen LogP contribution in [0.4, 0.5) is 5.82 Å². The first-order valence-corrected chi connectivity index (χ1v) is 15.4. The fraction of sp³-hybridized carbons (Fsp3) is 0.567. The Morgan fingerprint density at radius 2 is 1.73 bits per heavy atom. The minimum Gasteiger partial charge on any atom is -0.365 e. The smallest absolute Gasteiger partial charge is 0.253 e. The van der Waals surface area contributed by atoms with Crippen molar-refractivity contribution in [1.82, 2.24) is 20.1 Å². The number of carbonyl (C=O) groups is 1. The van der Waals surface area contributed by atoms with Gasteiger partial charge in [-0.1, -0.05) is 30.1 Å². The molecule has 2 N–H and O–H groups in total. The molecule has 0 unspecified atom stereocenters. The predicted molar refractivity (Wildman–Crippen MR) is 164 cm³/mol. The van der Waals surface area contributed by atoms with Gasteiger partial charge in [0.1, 0.15) is 11.7 Å². The molecule has 0 spiro atoms. The van der Waals surface area contributed by atoms with Crippen molar-refractivity contribution in [2.75, 3.05) is 57.4 Å². The Balaban J connectivity index is 1.31. The molecular formula is C30H42Cl2N6O3. The molecule has 224 valence electrons. The number of anilines is 1. The second-order valence-corrected chi connectivity index (χ2v) is 11.2. The van der Waals surface area contributed by atoms with E-state index in [2.05, 4.69) is 27.0 Å². The maximum Gasteiger partial charge on any atom is 0.253 e. The summed E-state index contributed by atoms with van der Waals surface area (Å²) < 4.78 is 11.1. The van der Waals surface area contributed by atoms with Crippen molar-refractivity contribution < 1.29 is 14.3 Å². The number of piperazine rings is 1. The van der Waals surface area contributed by atoms with Crippen LogP contribution in [0.5, 0.6) is 0 Å². The van der Waals surface area contributed by atoms with Crippen LogP contribution in [0.3, 0.4) is 0 Å². The molecule has 2 fully saturated rings. The molecule has 4 rings (SSSR count). The maximum absolute atomic E-state index is 12.9. The molecule has 41 heavy (non-hydrogen) atoms. The van der Waals surface area contributed by atoms with Gasteiger partial charge in [-0.3, -0.25) is 15.1 Å². The average molecular weight is 606 g/mol. The highest BCUT2D eigenvalue weighted by Crippen LogP contribution is 2.30. The van der Waals surface area contributed by atoms with Crippen LogP contribution in [0.2, 0.25) is 10.0 Å². The fourth-order valence-electron chi connectivity index (χ4n) is 5.71. The molecule has 1 amide bonds. The van der Waals surface area contributed by atoms with Crippen LogP contribution in [0.15, 0.2) is 36.5 Å². The minimum atomic E-state index is -0.411. The van der Waals surface area contributed by atoms with E-state index in [4.69, 9.17) is 38.1 Å². The highest BCUT2D eigenvalue weighted by atomic mass is 35.5. The number of nitrogens with one attached hydrogen (secondary N) is 2. The van der Waals surface area contributed by atoms with Crippen molar-refractivity contribution in [2.45, 2.75) is 58.4 Å². The number of benzene rings is 1.